The van der Waals surface area contributed by atoms with Crippen LogP contribution < -0.4 is 5.32 Å². The largest absolute Gasteiger partial charge is 0.516 e. The average Bonchev–Trinajstić information content (AvgIpc) is 1.87. The molecule has 0 amide bonds. The van der Waals surface area contributed by atoms with Crippen LogP contribution in [0.15, 0.2) is 12.3 Å². The molecule has 0 fully saturated rings. The molecular formula is C6H11NO3. The zero-order valence-electron chi connectivity index (χ0n) is 5.58. The summed E-state index contributed by atoms with van der Waals surface area (Å²) in [5.41, 5.74) is 0. The molecule has 0 radical (unpaired) electrons. The molecule has 0 aromatic rings. The molecule has 10 heavy (non-hydrogen) atoms. The number of hydrogen-bond donors (Lipinski definition) is 3. The lowest BCUT2D eigenvalue weighted by Crippen LogP contribution is -2.17. The van der Waals surface area contributed by atoms with Gasteiger partial charge in [-0.2, -0.15) is 0 Å². The van der Waals surface area contributed by atoms with Crippen LogP contribution >= 0.6 is 0 Å². The highest BCUT2D eigenvalue weighted by molar-refractivity contribution is 5.66. The number of hydrogen-bond acceptors (Lipinski definition) is 3. The predicted molar refractivity (Wildman–Crippen MR) is 36.9 cm³/mol. The zero-order chi connectivity index (χ0) is 7.82. The first-order chi connectivity index (χ1) is 4.77. The number of aliphatic hydroxyl groups excluding tert-OH is 1. The van der Waals surface area contributed by atoms with E-state index in [1.54, 1.807) is 0 Å². The molecule has 0 saturated carbocycles. The van der Waals surface area contributed by atoms with E-state index < -0.39 is 5.97 Å². The summed E-state index contributed by atoms with van der Waals surface area (Å²) < 4.78 is 0. The number of nitrogens with one attached hydrogen (secondary N) is 1. The van der Waals surface area contributed by atoms with E-state index in [1.807, 2.05) is 0 Å². The Bertz CT molecular complexity index is 122. The van der Waals surface area contributed by atoms with Crippen molar-refractivity contribution in [3.63, 3.8) is 0 Å². The number of carbonyl (C=O) groups is 1. The van der Waals surface area contributed by atoms with Gasteiger partial charge >= 0.3 is 5.97 Å². The van der Waals surface area contributed by atoms with E-state index in [1.165, 1.54) is 6.08 Å². The first-order valence-corrected chi connectivity index (χ1v) is 2.99. The third-order valence-corrected chi connectivity index (χ3v) is 0.883. The van der Waals surface area contributed by atoms with E-state index in [4.69, 9.17) is 10.2 Å². The summed E-state index contributed by atoms with van der Waals surface area (Å²) >= 11 is 0. The molecule has 4 nitrogen and oxygen atoms in total. The van der Waals surface area contributed by atoms with Gasteiger partial charge in [-0.05, 0) is 6.08 Å². The molecule has 0 spiro atoms. The topological polar surface area (TPSA) is 69.6 Å². The van der Waals surface area contributed by atoms with Gasteiger partial charge in [-0.15, -0.1) is 0 Å². The fourth-order valence-electron chi connectivity index (χ4n) is 0.433. The van der Waals surface area contributed by atoms with Gasteiger partial charge in [-0.1, -0.05) is 0 Å². The summed E-state index contributed by atoms with van der Waals surface area (Å²) in [7, 11) is 0. The second-order valence-corrected chi connectivity index (χ2v) is 1.73. The van der Waals surface area contributed by atoms with Crippen LogP contribution in [-0.4, -0.2) is 29.3 Å². The van der Waals surface area contributed by atoms with Crippen LogP contribution in [0.4, 0.5) is 0 Å². The Morgan fingerprint density at radius 3 is 2.80 bits per heavy atom. The minimum atomic E-state index is -0.819. The lowest BCUT2D eigenvalue weighted by atomic mass is 10.4. The summed E-state index contributed by atoms with van der Waals surface area (Å²) in [5.74, 6) is -0.819. The maximum absolute atomic E-state index is 9.92. The highest BCUT2D eigenvalue weighted by atomic mass is 16.4. The minimum absolute atomic E-state index is 0.110. The number of rotatable bonds is 5. The number of aliphatic carboxylic acids is 1. The Kier molecular flexibility index (Phi) is 5.47. The molecule has 0 unspecified atom stereocenters. The minimum Gasteiger partial charge on any atom is -0.516 e. The first kappa shape index (κ1) is 8.97. The molecule has 0 atom stereocenters. The Hall–Kier alpha value is -1.03. The van der Waals surface area contributed by atoms with Crippen LogP contribution in [0.25, 0.3) is 0 Å². The SMILES string of the molecule is O=C(O)CCNCC=CO. The first-order valence-electron chi connectivity index (χ1n) is 2.99. The second-order valence-electron chi connectivity index (χ2n) is 1.73. The Balaban J connectivity index is 2.98. The van der Waals surface area contributed by atoms with Crippen LogP contribution in [-0.2, 0) is 4.79 Å². The molecule has 0 saturated heterocycles. The summed E-state index contributed by atoms with van der Waals surface area (Å²) in [4.78, 5) is 9.92. The van der Waals surface area contributed by atoms with Crippen molar-refractivity contribution in [2.75, 3.05) is 13.1 Å². The fourth-order valence-corrected chi connectivity index (χ4v) is 0.433. The van der Waals surface area contributed by atoms with Gasteiger partial charge in [0.1, 0.15) is 0 Å². The summed E-state index contributed by atoms with van der Waals surface area (Å²) in [6.07, 6.45) is 2.54. The normalized spacial score (nSPS) is 10.4. The molecule has 0 aromatic heterocycles. The number of carboxylic acids is 1. The van der Waals surface area contributed by atoms with Crippen LogP contribution in [0.1, 0.15) is 6.42 Å². The van der Waals surface area contributed by atoms with Crippen molar-refractivity contribution >= 4 is 5.97 Å². The summed E-state index contributed by atoms with van der Waals surface area (Å²) in [5, 5.41) is 19.1. The quantitative estimate of drug-likeness (QED) is 0.379. The standard InChI is InChI=1S/C6H11NO3/c8-5-1-3-7-4-2-6(9)10/h1,5,7-8H,2-4H2,(H,9,10). The lowest BCUT2D eigenvalue weighted by Gasteiger charge is -1.95. The van der Waals surface area contributed by atoms with Crippen molar-refractivity contribution < 1.29 is 15.0 Å². The molecule has 0 aliphatic rings. The Morgan fingerprint density at radius 1 is 1.60 bits per heavy atom. The molecule has 4 heteroatoms. The van der Waals surface area contributed by atoms with Gasteiger partial charge in [0.05, 0.1) is 12.7 Å². The van der Waals surface area contributed by atoms with Crippen molar-refractivity contribution in [2.45, 2.75) is 6.42 Å². The summed E-state index contributed by atoms with van der Waals surface area (Å²) in [6.45, 7) is 0.934. The van der Waals surface area contributed by atoms with Gasteiger partial charge in [0, 0.05) is 13.1 Å². The van der Waals surface area contributed by atoms with Gasteiger partial charge in [-0.3, -0.25) is 4.79 Å². The molecule has 0 aliphatic carbocycles. The van der Waals surface area contributed by atoms with Crippen molar-refractivity contribution in [2.24, 2.45) is 0 Å². The van der Waals surface area contributed by atoms with Crippen molar-refractivity contribution in [3.8, 4) is 0 Å². The van der Waals surface area contributed by atoms with Gasteiger partial charge in [0.15, 0.2) is 0 Å². The summed E-state index contributed by atoms with van der Waals surface area (Å²) in [6, 6.07) is 0. The fraction of sp³-hybridized carbons (Fsp3) is 0.500. The predicted octanol–water partition coefficient (Wildman–Crippen LogP) is 0.122. The third kappa shape index (κ3) is 6.97. The molecule has 0 aliphatic heterocycles. The van der Waals surface area contributed by atoms with Gasteiger partial charge in [0.2, 0.25) is 0 Å². The second kappa shape index (κ2) is 6.10. The monoisotopic (exact) mass is 145 g/mol. The van der Waals surface area contributed by atoms with Gasteiger partial charge in [-0.25, -0.2) is 0 Å². The average molecular weight is 145 g/mol. The molecule has 0 bridgehead atoms. The molecule has 3 N–H and O–H groups in total. The van der Waals surface area contributed by atoms with E-state index in [0.717, 1.165) is 6.26 Å². The van der Waals surface area contributed by atoms with Crippen LogP contribution in [0.3, 0.4) is 0 Å². The van der Waals surface area contributed by atoms with E-state index in [9.17, 15) is 4.79 Å². The van der Waals surface area contributed by atoms with Crippen molar-refractivity contribution in [1.29, 1.82) is 0 Å². The lowest BCUT2D eigenvalue weighted by molar-refractivity contribution is -0.136. The molecule has 0 rings (SSSR count). The van der Waals surface area contributed by atoms with Crippen LogP contribution in [0.2, 0.25) is 0 Å². The van der Waals surface area contributed by atoms with E-state index in [0.29, 0.717) is 13.1 Å². The molecule has 0 heterocycles. The maximum Gasteiger partial charge on any atom is 0.304 e. The van der Waals surface area contributed by atoms with E-state index in [-0.39, 0.29) is 6.42 Å². The van der Waals surface area contributed by atoms with E-state index >= 15 is 0 Å². The highest BCUT2D eigenvalue weighted by Gasteiger charge is 1.92. The van der Waals surface area contributed by atoms with Crippen LogP contribution in [0.5, 0.6) is 0 Å². The van der Waals surface area contributed by atoms with E-state index in [2.05, 4.69) is 5.32 Å². The smallest absolute Gasteiger partial charge is 0.304 e. The number of aliphatic hydroxyl groups is 1. The van der Waals surface area contributed by atoms with Crippen LogP contribution in [0, 0.1) is 0 Å². The molecule has 58 valence electrons. The van der Waals surface area contributed by atoms with Crippen molar-refractivity contribution in [1.82, 2.24) is 5.32 Å². The van der Waals surface area contributed by atoms with Gasteiger partial charge < -0.3 is 15.5 Å². The zero-order valence-corrected chi connectivity index (χ0v) is 5.58. The Morgan fingerprint density at radius 2 is 2.30 bits per heavy atom. The Labute approximate surface area is 59.2 Å². The highest BCUT2D eigenvalue weighted by Crippen LogP contribution is 1.74. The van der Waals surface area contributed by atoms with Crippen molar-refractivity contribution in [3.05, 3.63) is 12.3 Å². The molecule has 0 aromatic carbocycles. The molecular weight excluding hydrogens is 134 g/mol. The van der Waals surface area contributed by atoms with Gasteiger partial charge in [0.25, 0.3) is 0 Å². The maximum atomic E-state index is 9.92. The third-order valence-electron chi connectivity index (χ3n) is 0.883. The number of carboxylic acid groups (broad SMARTS) is 1.